The fraction of sp³-hybridized carbons (Fsp3) is 0.643. The summed E-state index contributed by atoms with van der Waals surface area (Å²) in [5.41, 5.74) is -1.69. The number of carbonyl (C=O) groups excluding carboxylic acids is 2. The molecule has 1 saturated heterocycles. The minimum absolute atomic E-state index is 0. The number of hydrogen-bond acceptors (Lipinski definition) is 10. The molecular weight excluding hydrogens is 526 g/mol. The van der Waals surface area contributed by atoms with E-state index < -0.39 is 41.2 Å². The summed E-state index contributed by atoms with van der Waals surface area (Å²) in [6.45, 7) is 5.04. The lowest BCUT2D eigenvalue weighted by molar-refractivity contribution is -0.179. The monoisotopic (exact) mass is 567 g/mol. The molecule has 1 fully saturated rings. The van der Waals surface area contributed by atoms with Crippen LogP contribution in [0.1, 0.15) is 63.0 Å². The summed E-state index contributed by atoms with van der Waals surface area (Å²) >= 11 is 0. The lowest BCUT2D eigenvalue weighted by Gasteiger charge is -2.39. The Morgan fingerprint density at radius 1 is 1.10 bits per heavy atom. The normalized spacial score (nSPS) is 26.0. The second-order valence-corrected chi connectivity index (χ2v) is 11.4. The highest BCUT2D eigenvalue weighted by atomic mass is 16.7. The van der Waals surface area contributed by atoms with Crippen molar-refractivity contribution in [2.24, 2.45) is 0 Å². The maximum Gasteiger partial charge on any atom is 0.339 e. The number of hydrogen-bond donors (Lipinski definition) is 2. The standard InChI is InChI=1S/C28H37NO9.2H2O/c1-26(2,32)8-9-28(33,15-22(30)35-4)25(31)38-24-21(34-3)14-27-7-5-10-29(27)11-6-17-12-19-20(37-16-36-19)13-18(17)23(24)27;;/h12-14,23-24,32-33H,5-11,15-16H2,1-4H3;2*1H2/t23-,24-,27+,28-;;/m1../s1. The summed E-state index contributed by atoms with van der Waals surface area (Å²) in [6, 6.07) is 3.99. The molecule has 0 bridgehead atoms. The van der Waals surface area contributed by atoms with Gasteiger partial charge in [0, 0.05) is 6.54 Å². The number of carbonyl (C=O) groups is 2. The molecule has 3 aliphatic heterocycles. The number of benzene rings is 1. The summed E-state index contributed by atoms with van der Waals surface area (Å²) < 4.78 is 28.0. The zero-order chi connectivity index (χ0) is 27.3. The molecule has 1 aromatic rings. The number of nitrogens with zero attached hydrogens (tertiary/aromatic N) is 1. The molecule has 12 heteroatoms. The van der Waals surface area contributed by atoms with E-state index in [0.29, 0.717) is 17.3 Å². The van der Waals surface area contributed by atoms with Crippen molar-refractivity contribution >= 4 is 11.9 Å². The smallest absolute Gasteiger partial charge is 0.339 e. The molecule has 224 valence electrons. The molecular formula is C28H41NO11. The largest absolute Gasteiger partial charge is 0.497 e. The van der Waals surface area contributed by atoms with Crippen LogP contribution in [0.4, 0.5) is 0 Å². The first-order valence-electron chi connectivity index (χ1n) is 13.2. The minimum atomic E-state index is -2.18. The summed E-state index contributed by atoms with van der Waals surface area (Å²) in [4.78, 5) is 28.3. The van der Waals surface area contributed by atoms with Crippen molar-refractivity contribution in [1.82, 2.24) is 4.90 Å². The van der Waals surface area contributed by atoms with Gasteiger partial charge in [-0.1, -0.05) is 0 Å². The van der Waals surface area contributed by atoms with Crippen LogP contribution >= 0.6 is 0 Å². The maximum absolute atomic E-state index is 13.7. The van der Waals surface area contributed by atoms with E-state index in [9.17, 15) is 19.8 Å². The third kappa shape index (κ3) is 5.51. The molecule has 3 heterocycles. The third-order valence-corrected chi connectivity index (χ3v) is 8.39. The number of rotatable bonds is 8. The van der Waals surface area contributed by atoms with Crippen LogP contribution in [-0.2, 0) is 30.2 Å². The van der Waals surface area contributed by atoms with Crippen molar-refractivity contribution in [2.45, 2.75) is 81.1 Å². The van der Waals surface area contributed by atoms with Gasteiger partial charge in [0.1, 0.15) is 5.76 Å². The van der Waals surface area contributed by atoms with Crippen molar-refractivity contribution in [2.75, 3.05) is 34.1 Å². The van der Waals surface area contributed by atoms with Crippen LogP contribution in [0.25, 0.3) is 0 Å². The van der Waals surface area contributed by atoms with E-state index in [-0.39, 0.29) is 36.5 Å². The summed E-state index contributed by atoms with van der Waals surface area (Å²) in [6.07, 6.45) is 3.18. The number of methoxy groups -OCH3 is 2. The molecule has 0 amide bonds. The second kappa shape index (κ2) is 11.5. The Morgan fingerprint density at radius 3 is 2.45 bits per heavy atom. The lowest BCUT2D eigenvalue weighted by atomic mass is 9.77. The van der Waals surface area contributed by atoms with Gasteiger partial charge in [0.15, 0.2) is 23.2 Å². The molecule has 40 heavy (non-hydrogen) atoms. The van der Waals surface area contributed by atoms with Gasteiger partial charge in [0.25, 0.3) is 0 Å². The molecule has 6 N–H and O–H groups in total. The highest BCUT2D eigenvalue weighted by Crippen LogP contribution is 2.55. The van der Waals surface area contributed by atoms with Gasteiger partial charge in [0.2, 0.25) is 6.79 Å². The predicted octanol–water partition coefficient (Wildman–Crippen LogP) is 0.541. The zero-order valence-corrected chi connectivity index (χ0v) is 23.5. The van der Waals surface area contributed by atoms with Gasteiger partial charge in [-0.05, 0) is 81.8 Å². The molecule has 0 saturated carbocycles. The van der Waals surface area contributed by atoms with Crippen molar-refractivity contribution in [3.05, 3.63) is 35.1 Å². The third-order valence-electron chi connectivity index (χ3n) is 8.39. The van der Waals surface area contributed by atoms with E-state index in [2.05, 4.69) is 11.0 Å². The van der Waals surface area contributed by atoms with Crippen LogP contribution in [0.3, 0.4) is 0 Å². The van der Waals surface area contributed by atoms with E-state index in [1.54, 1.807) is 21.0 Å². The quantitative estimate of drug-likeness (QED) is 0.420. The van der Waals surface area contributed by atoms with Gasteiger partial charge >= 0.3 is 11.9 Å². The Hall–Kier alpha value is -2.90. The number of fused-ring (bicyclic) bond motifs is 3. The first-order chi connectivity index (χ1) is 18.0. The number of aliphatic hydroxyl groups is 2. The average Bonchev–Trinajstić information content (AvgIpc) is 3.56. The van der Waals surface area contributed by atoms with Crippen LogP contribution in [0.2, 0.25) is 0 Å². The Balaban J connectivity index is 0.00000220. The summed E-state index contributed by atoms with van der Waals surface area (Å²) in [7, 11) is 2.74. The number of ether oxygens (including phenoxy) is 5. The Morgan fingerprint density at radius 2 is 1.80 bits per heavy atom. The average molecular weight is 568 g/mol. The molecule has 4 atom stereocenters. The molecule has 1 aromatic carbocycles. The van der Waals surface area contributed by atoms with Crippen molar-refractivity contribution < 1.29 is 54.4 Å². The molecule has 4 aliphatic rings. The first-order valence-corrected chi connectivity index (χ1v) is 13.2. The van der Waals surface area contributed by atoms with Crippen molar-refractivity contribution in [3.63, 3.8) is 0 Å². The second-order valence-electron chi connectivity index (χ2n) is 11.4. The molecule has 1 aliphatic carbocycles. The Kier molecular flexibility index (Phi) is 9.12. The van der Waals surface area contributed by atoms with Crippen LogP contribution in [0.15, 0.2) is 24.0 Å². The van der Waals surface area contributed by atoms with Crippen molar-refractivity contribution in [3.8, 4) is 11.5 Å². The van der Waals surface area contributed by atoms with Gasteiger partial charge in [-0.3, -0.25) is 9.69 Å². The van der Waals surface area contributed by atoms with E-state index in [4.69, 9.17) is 23.7 Å². The molecule has 12 nitrogen and oxygen atoms in total. The highest BCUT2D eigenvalue weighted by molar-refractivity contribution is 5.86. The van der Waals surface area contributed by atoms with Crippen molar-refractivity contribution in [1.29, 1.82) is 0 Å². The topological polar surface area (TPSA) is 187 Å². The lowest BCUT2D eigenvalue weighted by Crippen LogP contribution is -2.49. The van der Waals surface area contributed by atoms with Gasteiger partial charge in [-0.25, -0.2) is 4.79 Å². The van der Waals surface area contributed by atoms with Gasteiger partial charge in [-0.2, -0.15) is 0 Å². The van der Waals surface area contributed by atoms with Crippen LogP contribution in [0.5, 0.6) is 11.5 Å². The van der Waals surface area contributed by atoms with Crippen LogP contribution < -0.4 is 9.47 Å². The molecule has 1 spiro atoms. The van der Waals surface area contributed by atoms with E-state index >= 15 is 0 Å². The Labute approximate surface area is 233 Å². The van der Waals surface area contributed by atoms with Crippen LogP contribution in [0, 0.1) is 0 Å². The Bertz CT molecular complexity index is 1150. The minimum Gasteiger partial charge on any atom is -0.497 e. The molecule has 5 rings (SSSR count). The molecule has 0 unspecified atom stereocenters. The first kappa shape index (κ1) is 31.6. The van der Waals surface area contributed by atoms with E-state index in [0.717, 1.165) is 43.5 Å². The molecule has 0 aromatic heterocycles. The SMILES string of the molecule is COC(=O)C[C@](O)(CCC(C)(C)O)C(=O)O[C@@H]1C(OC)=C[C@]23CCCN2CCc2cc4c(cc2[C@H]13)OCO4.O.O. The van der Waals surface area contributed by atoms with E-state index in [1.165, 1.54) is 7.11 Å². The predicted molar refractivity (Wildman–Crippen MR) is 142 cm³/mol. The fourth-order valence-electron chi connectivity index (χ4n) is 6.41. The highest BCUT2D eigenvalue weighted by Gasteiger charge is 2.59. The number of esters is 2. The molecule has 0 radical (unpaired) electrons. The van der Waals surface area contributed by atoms with Gasteiger partial charge < -0.3 is 44.8 Å². The van der Waals surface area contributed by atoms with Gasteiger partial charge in [0.05, 0.1) is 37.7 Å². The van der Waals surface area contributed by atoms with Gasteiger partial charge in [-0.15, -0.1) is 0 Å². The van der Waals surface area contributed by atoms with E-state index in [1.807, 2.05) is 12.1 Å². The maximum atomic E-state index is 13.7. The zero-order valence-electron chi connectivity index (χ0n) is 23.5. The summed E-state index contributed by atoms with van der Waals surface area (Å²) in [5.74, 6) is -0.163. The fourth-order valence-corrected chi connectivity index (χ4v) is 6.41. The summed E-state index contributed by atoms with van der Waals surface area (Å²) in [5, 5.41) is 21.7. The van der Waals surface area contributed by atoms with Crippen LogP contribution in [-0.4, -0.2) is 95.0 Å².